The molecule has 0 aliphatic heterocycles. The van der Waals surface area contributed by atoms with E-state index in [0.29, 0.717) is 61.4 Å². The standard InChI is InChI=1S/C47H52O7/c48-46(41-29-19-12-20-30-41)50-31-21-7-5-3-1-2-4-6-8-22-32-51-47(49)42-33-43(52-35-38-23-13-9-14-24-38)45(54-37-40-27-17-11-18-28-40)44(34-42)53-36-39-25-15-10-16-26-39/h9-20,23-30,33-34H,1-8,21-22,31-32,35-37H2. The molecule has 5 aromatic carbocycles. The van der Waals surface area contributed by atoms with E-state index in [0.717, 1.165) is 61.6 Å². The summed E-state index contributed by atoms with van der Waals surface area (Å²) in [5, 5.41) is 0. The second kappa shape index (κ2) is 23.2. The van der Waals surface area contributed by atoms with Crippen LogP contribution in [0.2, 0.25) is 0 Å². The van der Waals surface area contributed by atoms with Crippen LogP contribution in [0, 0.1) is 0 Å². The Kier molecular flexibility index (Phi) is 17.0. The van der Waals surface area contributed by atoms with Crippen LogP contribution in [-0.2, 0) is 29.3 Å². The predicted molar refractivity (Wildman–Crippen MR) is 212 cm³/mol. The Morgan fingerprint density at radius 1 is 0.370 bits per heavy atom. The Labute approximate surface area is 320 Å². The summed E-state index contributed by atoms with van der Waals surface area (Å²) >= 11 is 0. The van der Waals surface area contributed by atoms with Crippen LogP contribution in [-0.4, -0.2) is 25.2 Å². The van der Waals surface area contributed by atoms with Crippen LogP contribution in [0.15, 0.2) is 133 Å². The van der Waals surface area contributed by atoms with Crippen LogP contribution in [0.25, 0.3) is 0 Å². The fraction of sp³-hybridized carbons (Fsp3) is 0.319. The van der Waals surface area contributed by atoms with E-state index in [2.05, 4.69) is 0 Å². The highest BCUT2D eigenvalue weighted by molar-refractivity contribution is 5.91. The third-order valence-corrected chi connectivity index (χ3v) is 8.97. The van der Waals surface area contributed by atoms with Crippen LogP contribution in [0.5, 0.6) is 17.2 Å². The Balaban J connectivity index is 1.07. The Morgan fingerprint density at radius 3 is 1.11 bits per heavy atom. The van der Waals surface area contributed by atoms with Crippen LogP contribution in [0.1, 0.15) is 102 Å². The Morgan fingerprint density at radius 2 is 0.704 bits per heavy atom. The number of hydrogen-bond acceptors (Lipinski definition) is 7. The summed E-state index contributed by atoms with van der Waals surface area (Å²) in [6.07, 6.45) is 10.8. The van der Waals surface area contributed by atoms with Crippen molar-refractivity contribution in [1.82, 2.24) is 0 Å². The lowest BCUT2D eigenvalue weighted by molar-refractivity contribution is 0.0487. The molecule has 7 heteroatoms. The molecule has 0 N–H and O–H groups in total. The number of benzene rings is 5. The number of unbranched alkanes of at least 4 members (excludes halogenated alkanes) is 9. The van der Waals surface area contributed by atoms with E-state index < -0.39 is 5.97 Å². The van der Waals surface area contributed by atoms with E-state index in [4.69, 9.17) is 23.7 Å². The third kappa shape index (κ3) is 14.1. The summed E-state index contributed by atoms with van der Waals surface area (Å²) < 4.78 is 30.1. The van der Waals surface area contributed by atoms with Crippen molar-refractivity contribution in [2.75, 3.05) is 13.2 Å². The van der Waals surface area contributed by atoms with Crippen molar-refractivity contribution in [2.45, 2.75) is 84.0 Å². The van der Waals surface area contributed by atoms with E-state index in [-0.39, 0.29) is 5.97 Å². The molecule has 0 aliphatic rings. The first-order valence-electron chi connectivity index (χ1n) is 19.2. The second-order valence-corrected chi connectivity index (χ2v) is 13.3. The van der Waals surface area contributed by atoms with Crippen molar-refractivity contribution in [1.29, 1.82) is 0 Å². The molecule has 0 saturated heterocycles. The van der Waals surface area contributed by atoms with Gasteiger partial charge in [-0.15, -0.1) is 0 Å². The van der Waals surface area contributed by atoms with Gasteiger partial charge in [0.05, 0.1) is 24.3 Å². The molecule has 282 valence electrons. The molecule has 0 aliphatic carbocycles. The molecule has 0 heterocycles. The summed E-state index contributed by atoms with van der Waals surface area (Å²) in [5.41, 5.74) is 3.93. The third-order valence-electron chi connectivity index (χ3n) is 8.97. The molecule has 0 aromatic heterocycles. The van der Waals surface area contributed by atoms with Gasteiger partial charge in [-0.05, 0) is 53.8 Å². The van der Waals surface area contributed by atoms with Gasteiger partial charge in [0.2, 0.25) is 5.75 Å². The first kappa shape index (κ1) is 39.6. The zero-order valence-electron chi connectivity index (χ0n) is 31.2. The molecule has 0 atom stereocenters. The van der Waals surface area contributed by atoms with Gasteiger partial charge in [0.25, 0.3) is 0 Å². The van der Waals surface area contributed by atoms with Gasteiger partial charge in [-0.2, -0.15) is 0 Å². The Hall–Kier alpha value is -5.56. The number of hydrogen-bond donors (Lipinski definition) is 0. The SMILES string of the molecule is O=C(OCCCCCCCCCCCCOC(=O)c1cc(OCc2ccccc2)c(OCc2ccccc2)c(OCc2ccccc2)c1)c1ccccc1. The molecular formula is C47H52O7. The summed E-state index contributed by atoms with van der Waals surface area (Å²) in [5.74, 6) is 0.596. The van der Waals surface area contributed by atoms with Gasteiger partial charge >= 0.3 is 11.9 Å². The fourth-order valence-electron chi connectivity index (χ4n) is 5.94. The number of ether oxygens (including phenoxy) is 5. The first-order valence-corrected chi connectivity index (χ1v) is 19.2. The average molecular weight is 729 g/mol. The number of carbonyl (C=O) groups is 2. The predicted octanol–water partition coefficient (Wildman–Crippen LogP) is 11.3. The lowest BCUT2D eigenvalue weighted by Gasteiger charge is -2.19. The first-order chi connectivity index (χ1) is 26.7. The van der Waals surface area contributed by atoms with Gasteiger partial charge in [0.15, 0.2) is 11.5 Å². The fourth-order valence-corrected chi connectivity index (χ4v) is 5.94. The highest BCUT2D eigenvalue weighted by Crippen LogP contribution is 2.40. The summed E-state index contributed by atoms with van der Waals surface area (Å²) in [6.45, 7) is 1.72. The number of esters is 2. The smallest absolute Gasteiger partial charge is 0.338 e. The maximum absolute atomic E-state index is 13.4. The van der Waals surface area contributed by atoms with Gasteiger partial charge in [-0.3, -0.25) is 0 Å². The number of carbonyl (C=O) groups excluding carboxylic acids is 2. The maximum atomic E-state index is 13.4. The maximum Gasteiger partial charge on any atom is 0.338 e. The van der Waals surface area contributed by atoms with Gasteiger partial charge in [0, 0.05) is 0 Å². The zero-order chi connectivity index (χ0) is 37.5. The second-order valence-electron chi connectivity index (χ2n) is 13.3. The van der Waals surface area contributed by atoms with Gasteiger partial charge in [-0.25, -0.2) is 9.59 Å². The van der Waals surface area contributed by atoms with Crippen molar-refractivity contribution >= 4 is 11.9 Å². The minimum Gasteiger partial charge on any atom is -0.485 e. The van der Waals surface area contributed by atoms with Crippen LogP contribution in [0.4, 0.5) is 0 Å². The Bertz CT molecular complexity index is 1730. The highest BCUT2D eigenvalue weighted by atomic mass is 16.5. The largest absolute Gasteiger partial charge is 0.485 e. The molecule has 0 fully saturated rings. The molecule has 5 rings (SSSR count). The van der Waals surface area contributed by atoms with Crippen LogP contribution >= 0.6 is 0 Å². The van der Waals surface area contributed by atoms with Gasteiger partial charge in [-0.1, -0.05) is 161 Å². The minimum atomic E-state index is -0.423. The molecule has 0 amide bonds. The van der Waals surface area contributed by atoms with E-state index in [1.165, 1.54) is 19.3 Å². The summed E-state index contributed by atoms with van der Waals surface area (Å²) in [6, 6.07) is 42.2. The van der Waals surface area contributed by atoms with E-state index in [9.17, 15) is 9.59 Å². The molecule has 0 spiro atoms. The van der Waals surface area contributed by atoms with Crippen molar-refractivity contribution < 1.29 is 33.3 Å². The van der Waals surface area contributed by atoms with Gasteiger partial charge < -0.3 is 23.7 Å². The lowest BCUT2D eigenvalue weighted by atomic mass is 10.1. The zero-order valence-corrected chi connectivity index (χ0v) is 31.2. The molecule has 0 bridgehead atoms. The van der Waals surface area contributed by atoms with E-state index >= 15 is 0 Å². The summed E-state index contributed by atoms with van der Waals surface area (Å²) in [4.78, 5) is 25.4. The molecule has 0 unspecified atom stereocenters. The molecule has 7 nitrogen and oxygen atoms in total. The topological polar surface area (TPSA) is 80.3 Å². The number of rotatable bonds is 24. The van der Waals surface area contributed by atoms with Crippen molar-refractivity contribution in [2.24, 2.45) is 0 Å². The minimum absolute atomic E-state index is 0.249. The molecular weight excluding hydrogens is 677 g/mol. The van der Waals surface area contributed by atoms with Crippen LogP contribution < -0.4 is 14.2 Å². The molecule has 54 heavy (non-hydrogen) atoms. The highest BCUT2D eigenvalue weighted by Gasteiger charge is 2.20. The lowest BCUT2D eigenvalue weighted by Crippen LogP contribution is -2.10. The summed E-state index contributed by atoms with van der Waals surface area (Å²) in [7, 11) is 0. The van der Waals surface area contributed by atoms with Crippen molar-refractivity contribution in [3.05, 3.63) is 161 Å². The van der Waals surface area contributed by atoms with E-state index in [1.807, 2.05) is 109 Å². The van der Waals surface area contributed by atoms with E-state index in [1.54, 1.807) is 24.3 Å². The molecule has 0 saturated carbocycles. The molecule has 0 radical (unpaired) electrons. The van der Waals surface area contributed by atoms with Crippen molar-refractivity contribution in [3.8, 4) is 17.2 Å². The normalized spacial score (nSPS) is 10.7. The van der Waals surface area contributed by atoms with Gasteiger partial charge in [0.1, 0.15) is 19.8 Å². The van der Waals surface area contributed by atoms with Crippen LogP contribution in [0.3, 0.4) is 0 Å². The average Bonchev–Trinajstić information content (AvgIpc) is 3.22. The molecule has 5 aromatic rings. The monoisotopic (exact) mass is 728 g/mol. The quantitative estimate of drug-likeness (QED) is 0.0462. The van der Waals surface area contributed by atoms with Crippen molar-refractivity contribution in [3.63, 3.8) is 0 Å².